The Balaban J connectivity index is 2.04. The van der Waals surface area contributed by atoms with Crippen LogP contribution in [-0.4, -0.2) is 81.0 Å². The number of nitrogens with two attached hydrogens (primary N) is 2. The number of thioether (sulfide) groups is 1. The molecule has 1 aliphatic heterocycles. The smallest absolute Gasteiger partial charge is 0.404 e. The van der Waals surface area contributed by atoms with Crippen molar-refractivity contribution in [2.45, 2.75) is 63.7 Å². The predicted molar refractivity (Wildman–Crippen MR) is 146 cm³/mol. The van der Waals surface area contributed by atoms with Gasteiger partial charge >= 0.3 is 7.82 Å². The number of benzene rings is 1. The molecule has 1 heterocycles. The van der Waals surface area contributed by atoms with Crippen LogP contribution >= 0.6 is 19.6 Å². The molecule has 0 radical (unpaired) electrons. The lowest BCUT2D eigenvalue weighted by Crippen LogP contribution is -2.58. The standard InChI is InChI=1S/C24H38N5O8PS/c1-14(2)20(28-22(31)17(25)13-15-6-8-16(9-7-15)37-38(34,35)36)24(33)29-11-4-5-19(29)23(32)27-18(21(26)30)10-12-39-3/h6-9,14,17-20H,4-5,10-13,25H2,1-3H3,(H2,26,30)(H,27,32)(H,28,31)(H2,34,35,36)/t17-,18-,19-,20-/m0/s1. The fourth-order valence-electron chi connectivity index (χ4n) is 4.22. The zero-order valence-electron chi connectivity index (χ0n) is 22.2. The van der Waals surface area contributed by atoms with E-state index in [1.807, 2.05) is 6.26 Å². The zero-order valence-corrected chi connectivity index (χ0v) is 24.0. The van der Waals surface area contributed by atoms with Gasteiger partial charge in [0.15, 0.2) is 0 Å². The van der Waals surface area contributed by atoms with Gasteiger partial charge in [-0.3, -0.25) is 29.0 Å². The molecule has 1 saturated heterocycles. The Bertz CT molecular complexity index is 1070. The van der Waals surface area contributed by atoms with E-state index in [4.69, 9.17) is 21.3 Å². The number of phosphoric ester groups is 1. The van der Waals surface area contributed by atoms with E-state index in [2.05, 4.69) is 15.2 Å². The highest BCUT2D eigenvalue weighted by Crippen LogP contribution is 2.37. The summed E-state index contributed by atoms with van der Waals surface area (Å²) in [7, 11) is -4.69. The molecule has 0 aliphatic carbocycles. The van der Waals surface area contributed by atoms with Crippen LogP contribution in [0, 0.1) is 5.92 Å². The normalized spacial score (nSPS) is 17.8. The first kappa shape index (κ1) is 32.6. The molecule has 4 amide bonds. The summed E-state index contributed by atoms with van der Waals surface area (Å²) in [5.74, 6) is -1.78. The summed E-state index contributed by atoms with van der Waals surface area (Å²) in [5, 5.41) is 5.38. The Morgan fingerprint density at radius 2 is 1.82 bits per heavy atom. The van der Waals surface area contributed by atoms with Crippen LogP contribution in [0.5, 0.6) is 5.75 Å². The van der Waals surface area contributed by atoms with Gasteiger partial charge in [0.1, 0.15) is 23.9 Å². The summed E-state index contributed by atoms with van der Waals surface area (Å²) >= 11 is 1.52. The summed E-state index contributed by atoms with van der Waals surface area (Å²) in [4.78, 5) is 70.4. The molecule has 0 saturated carbocycles. The molecule has 13 nitrogen and oxygen atoms in total. The lowest BCUT2D eigenvalue weighted by molar-refractivity contribution is -0.143. The quantitative estimate of drug-likeness (QED) is 0.159. The highest BCUT2D eigenvalue weighted by molar-refractivity contribution is 7.98. The first-order chi connectivity index (χ1) is 18.2. The molecule has 0 spiro atoms. The number of likely N-dealkylation sites (tertiary alicyclic amines) is 1. The number of primary amides is 1. The molecular weight excluding hydrogens is 549 g/mol. The van der Waals surface area contributed by atoms with E-state index >= 15 is 0 Å². The minimum absolute atomic E-state index is 0.0359. The lowest BCUT2D eigenvalue weighted by Gasteiger charge is -2.31. The fraction of sp³-hybridized carbons (Fsp3) is 0.583. The number of hydrogen-bond acceptors (Lipinski definition) is 8. The third-order valence-electron chi connectivity index (χ3n) is 6.28. The van der Waals surface area contributed by atoms with E-state index in [9.17, 15) is 23.7 Å². The Labute approximate surface area is 232 Å². The van der Waals surface area contributed by atoms with Crippen molar-refractivity contribution in [2.24, 2.45) is 17.4 Å². The van der Waals surface area contributed by atoms with Crippen LogP contribution in [-0.2, 0) is 30.2 Å². The molecular formula is C24H38N5O8PS. The van der Waals surface area contributed by atoms with Crippen molar-refractivity contribution >= 4 is 43.2 Å². The van der Waals surface area contributed by atoms with E-state index in [1.165, 1.54) is 40.9 Å². The van der Waals surface area contributed by atoms with Crippen molar-refractivity contribution in [1.82, 2.24) is 15.5 Å². The fourth-order valence-corrected chi connectivity index (χ4v) is 5.08. The topological polar surface area (TPSA) is 214 Å². The third-order valence-corrected chi connectivity index (χ3v) is 7.37. The van der Waals surface area contributed by atoms with Crippen molar-refractivity contribution in [2.75, 3.05) is 18.6 Å². The summed E-state index contributed by atoms with van der Waals surface area (Å²) in [6, 6.07) is 2.18. The molecule has 0 aromatic heterocycles. The molecule has 8 N–H and O–H groups in total. The molecule has 4 atom stereocenters. The Kier molecular flexibility index (Phi) is 12.2. The molecule has 15 heteroatoms. The molecule has 0 bridgehead atoms. The highest BCUT2D eigenvalue weighted by atomic mass is 32.2. The van der Waals surface area contributed by atoms with Crippen LogP contribution < -0.4 is 26.6 Å². The molecule has 1 aromatic rings. The summed E-state index contributed by atoms with van der Waals surface area (Å²) < 4.78 is 15.5. The second-order valence-corrected chi connectivity index (χ2v) is 11.9. The van der Waals surface area contributed by atoms with Crippen LogP contribution in [0.15, 0.2) is 24.3 Å². The number of phosphoric acid groups is 1. The van der Waals surface area contributed by atoms with Crippen LogP contribution in [0.25, 0.3) is 0 Å². The van der Waals surface area contributed by atoms with Crippen LogP contribution in [0.1, 0.15) is 38.7 Å². The predicted octanol–water partition coefficient (Wildman–Crippen LogP) is -0.117. The number of nitrogens with one attached hydrogen (secondary N) is 2. The van der Waals surface area contributed by atoms with E-state index in [-0.39, 0.29) is 18.1 Å². The minimum Gasteiger partial charge on any atom is -0.404 e. The molecule has 1 aliphatic rings. The molecule has 1 fully saturated rings. The second kappa shape index (κ2) is 14.7. The molecule has 39 heavy (non-hydrogen) atoms. The van der Waals surface area contributed by atoms with Crippen molar-refractivity contribution in [3.63, 3.8) is 0 Å². The van der Waals surface area contributed by atoms with Crippen molar-refractivity contribution < 1.29 is 38.1 Å². The second-order valence-electron chi connectivity index (χ2n) is 9.70. The molecule has 1 aromatic carbocycles. The number of carbonyl (C=O) groups is 4. The van der Waals surface area contributed by atoms with Gasteiger partial charge in [-0.1, -0.05) is 26.0 Å². The average molecular weight is 588 g/mol. The Hall–Kier alpha value is -2.64. The SMILES string of the molecule is CSCC[C@H](NC(=O)[C@@H]1CCCN1C(=O)[C@@H](NC(=O)[C@@H](N)Cc1ccc(OP(=O)(O)O)cc1)C(C)C)C(N)=O. The summed E-state index contributed by atoms with van der Waals surface area (Å²) in [6.45, 7) is 3.87. The summed E-state index contributed by atoms with van der Waals surface area (Å²) in [6.07, 6.45) is 3.37. The average Bonchev–Trinajstić information content (AvgIpc) is 3.34. The van der Waals surface area contributed by atoms with Crippen LogP contribution in [0.2, 0.25) is 0 Å². The highest BCUT2D eigenvalue weighted by Gasteiger charge is 2.39. The maximum atomic E-state index is 13.5. The number of carbonyl (C=O) groups excluding carboxylic acids is 4. The lowest BCUT2D eigenvalue weighted by atomic mass is 10.00. The van der Waals surface area contributed by atoms with Gasteiger partial charge in [-0.15, -0.1) is 0 Å². The number of rotatable bonds is 14. The molecule has 2 rings (SSSR count). The number of hydrogen-bond donors (Lipinski definition) is 6. The van der Waals surface area contributed by atoms with Crippen molar-refractivity contribution in [3.05, 3.63) is 29.8 Å². The van der Waals surface area contributed by atoms with Gasteiger partial charge in [0.25, 0.3) is 0 Å². The Morgan fingerprint density at radius 3 is 2.36 bits per heavy atom. The van der Waals surface area contributed by atoms with Gasteiger partial charge in [0, 0.05) is 6.54 Å². The minimum atomic E-state index is -4.69. The number of nitrogens with zero attached hydrogens (tertiary/aromatic N) is 1. The largest absolute Gasteiger partial charge is 0.524 e. The van der Waals surface area contributed by atoms with Crippen LogP contribution in [0.3, 0.4) is 0 Å². The Morgan fingerprint density at radius 1 is 1.18 bits per heavy atom. The first-order valence-electron chi connectivity index (χ1n) is 12.5. The van der Waals surface area contributed by atoms with Gasteiger partial charge in [-0.05, 0) is 61.3 Å². The van der Waals surface area contributed by atoms with Gasteiger partial charge in [-0.2, -0.15) is 11.8 Å². The summed E-state index contributed by atoms with van der Waals surface area (Å²) in [5.41, 5.74) is 12.1. The van der Waals surface area contributed by atoms with E-state index in [1.54, 1.807) is 13.8 Å². The van der Waals surface area contributed by atoms with Crippen molar-refractivity contribution in [1.29, 1.82) is 0 Å². The van der Waals surface area contributed by atoms with Gasteiger partial charge in [0.05, 0.1) is 6.04 Å². The maximum absolute atomic E-state index is 13.5. The number of amides is 4. The zero-order chi connectivity index (χ0) is 29.3. The molecule has 218 valence electrons. The van der Waals surface area contributed by atoms with Gasteiger partial charge < -0.3 is 31.5 Å². The van der Waals surface area contributed by atoms with Gasteiger partial charge in [0.2, 0.25) is 23.6 Å². The van der Waals surface area contributed by atoms with E-state index < -0.39 is 55.6 Å². The first-order valence-corrected chi connectivity index (χ1v) is 15.4. The maximum Gasteiger partial charge on any atom is 0.524 e. The van der Waals surface area contributed by atoms with E-state index in [0.29, 0.717) is 37.1 Å². The van der Waals surface area contributed by atoms with Crippen molar-refractivity contribution in [3.8, 4) is 5.75 Å². The van der Waals surface area contributed by atoms with E-state index in [0.717, 1.165) is 0 Å². The monoisotopic (exact) mass is 587 g/mol. The van der Waals surface area contributed by atoms with Gasteiger partial charge in [-0.25, -0.2) is 4.57 Å². The van der Waals surface area contributed by atoms with Crippen LogP contribution in [0.4, 0.5) is 0 Å². The third kappa shape index (κ3) is 10.1. The molecule has 0 unspecified atom stereocenters.